The Balaban J connectivity index is 0.00000392. The molecule has 2 rings (SSSR count). The molecule has 154 valence electrons. The predicted octanol–water partition coefficient (Wildman–Crippen LogP) is 3.15. The zero-order chi connectivity index (χ0) is 19.5. The van der Waals surface area contributed by atoms with E-state index in [0.717, 1.165) is 23.6 Å². The van der Waals surface area contributed by atoms with Crippen LogP contribution in [0.1, 0.15) is 19.4 Å². The molecule has 0 aliphatic carbocycles. The van der Waals surface area contributed by atoms with Gasteiger partial charge in [-0.05, 0) is 43.7 Å². The number of hydrogen-bond donors (Lipinski definition) is 3. The first-order valence-corrected chi connectivity index (χ1v) is 9.12. The maximum atomic E-state index is 10.7. The fraction of sp³-hybridized carbons (Fsp3) is 0.381. The van der Waals surface area contributed by atoms with Gasteiger partial charge in [-0.25, -0.2) is 4.99 Å². The summed E-state index contributed by atoms with van der Waals surface area (Å²) in [6.45, 7) is 5.84. The van der Waals surface area contributed by atoms with E-state index in [1.165, 1.54) is 0 Å². The third-order valence-corrected chi connectivity index (χ3v) is 4.01. The van der Waals surface area contributed by atoms with Crippen LogP contribution >= 0.6 is 24.0 Å². The van der Waals surface area contributed by atoms with E-state index in [9.17, 15) is 5.11 Å². The van der Waals surface area contributed by atoms with Crippen LogP contribution in [0.5, 0.6) is 11.5 Å². The summed E-state index contributed by atoms with van der Waals surface area (Å²) in [5.74, 6) is 2.23. The fourth-order valence-electron chi connectivity index (χ4n) is 2.47. The minimum absolute atomic E-state index is 0. The third-order valence-electron chi connectivity index (χ3n) is 4.01. The number of guanidine groups is 1. The zero-order valence-corrected chi connectivity index (χ0v) is 19.0. The van der Waals surface area contributed by atoms with Crippen molar-refractivity contribution in [3.63, 3.8) is 0 Å². The van der Waals surface area contributed by atoms with Gasteiger partial charge < -0.3 is 25.2 Å². The van der Waals surface area contributed by atoms with Crippen molar-refractivity contribution in [2.45, 2.75) is 19.4 Å². The van der Waals surface area contributed by atoms with Crippen molar-refractivity contribution >= 4 is 29.9 Å². The van der Waals surface area contributed by atoms with Crippen molar-refractivity contribution < 1.29 is 14.6 Å². The minimum atomic E-state index is -1.02. The van der Waals surface area contributed by atoms with Crippen LogP contribution in [0.2, 0.25) is 0 Å². The van der Waals surface area contributed by atoms with Gasteiger partial charge in [0.2, 0.25) is 0 Å². The number of aliphatic imine (C=N–C) groups is 1. The first-order valence-electron chi connectivity index (χ1n) is 9.12. The molecular formula is C21H30IN3O3. The quantitative estimate of drug-likeness (QED) is 0.214. The predicted molar refractivity (Wildman–Crippen MR) is 124 cm³/mol. The lowest BCUT2D eigenvalue weighted by molar-refractivity contribution is 0.0672. The van der Waals surface area contributed by atoms with Gasteiger partial charge in [0.15, 0.2) is 5.96 Å². The Bertz CT molecular complexity index is 707. The van der Waals surface area contributed by atoms with Crippen LogP contribution in [0.3, 0.4) is 0 Å². The average Bonchev–Trinajstić information content (AvgIpc) is 2.70. The Kier molecular flexibility index (Phi) is 10.7. The number of methoxy groups -OCH3 is 1. The van der Waals surface area contributed by atoms with E-state index in [1.807, 2.05) is 61.5 Å². The normalized spacial score (nSPS) is 13.1. The molecule has 0 spiro atoms. The van der Waals surface area contributed by atoms with Crippen LogP contribution in [0.4, 0.5) is 0 Å². The Labute approximate surface area is 184 Å². The van der Waals surface area contributed by atoms with Crippen LogP contribution in [0.25, 0.3) is 0 Å². The Morgan fingerprint density at radius 1 is 1.04 bits per heavy atom. The zero-order valence-electron chi connectivity index (χ0n) is 16.6. The van der Waals surface area contributed by atoms with Crippen molar-refractivity contribution in [1.82, 2.24) is 10.6 Å². The highest BCUT2D eigenvalue weighted by Gasteiger charge is 2.22. The lowest BCUT2D eigenvalue weighted by atomic mass is 9.96. The summed E-state index contributed by atoms with van der Waals surface area (Å²) >= 11 is 0. The van der Waals surface area contributed by atoms with Crippen molar-refractivity contribution in [1.29, 1.82) is 0 Å². The molecule has 6 nitrogen and oxygen atoms in total. The number of aliphatic hydroxyl groups is 1. The van der Waals surface area contributed by atoms with E-state index in [1.54, 1.807) is 14.0 Å². The van der Waals surface area contributed by atoms with Crippen molar-refractivity contribution in [3.05, 3.63) is 60.2 Å². The summed E-state index contributed by atoms with van der Waals surface area (Å²) in [6, 6.07) is 17.0. The van der Waals surface area contributed by atoms with E-state index in [-0.39, 0.29) is 30.5 Å². The number of hydrogen-bond acceptors (Lipinski definition) is 4. The van der Waals surface area contributed by atoms with E-state index >= 15 is 0 Å². The van der Waals surface area contributed by atoms with Gasteiger partial charge in [-0.1, -0.05) is 30.3 Å². The second-order valence-electron chi connectivity index (χ2n) is 6.29. The largest absolute Gasteiger partial charge is 0.497 e. The number of nitrogens with one attached hydrogen (secondary N) is 2. The summed E-state index contributed by atoms with van der Waals surface area (Å²) in [6.07, 6.45) is 0. The van der Waals surface area contributed by atoms with E-state index in [0.29, 0.717) is 19.1 Å². The number of rotatable bonds is 9. The lowest BCUT2D eigenvalue weighted by Gasteiger charge is -2.22. The first kappa shape index (κ1) is 24.0. The summed E-state index contributed by atoms with van der Waals surface area (Å²) in [5, 5.41) is 17.1. The SMILES string of the molecule is CCNC(=NCC(C)(O)c1ccccc1)NCCOc1ccc(OC)cc1.I. The standard InChI is InChI=1S/C21H29N3O3.HI/c1-4-22-20(24-16-21(2,25)17-8-6-5-7-9-17)23-14-15-27-19-12-10-18(26-3)11-13-19;/h5-13,25H,4,14-16H2,1-3H3,(H2,22,23,24);1H. The molecule has 2 aromatic rings. The lowest BCUT2D eigenvalue weighted by Crippen LogP contribution is -2.40. The van der Waals surface area contributed by atoms with Crippen LogP contribution < -0.4 is 20.1 Å². The molecule has 1 atom stereocenters. The smallest absolute Gasteiger partial charge is 0.191 e. The molecule has 0 aliphatic heterocycles. The summed E-state index contributed by atoms with van der Waals surface area (Å²) in [7, 11) is 1.64. The molecule has 0 bridgehead atoms. The maximum Gasteiger partial charge on any atom is 0.191 e. The Morgan fingerprint density at radius 3 is 2.29 bits per heavy atom. The molecule has 0 saturated carbocycles. The van der Waals surface area contributed by atoms with Gasteiger partial charge in [-0.3, -0.25) is 0 Å². The fourth-order valence-corrected chi connectivity index (χ4v) is 2.47. The van der Waals surface area contributed by atoms with Gasteiger partial charge in [0.25, 0.3) is 0 Å². The van der Waals surface area contributed by atoms with Crippen molar-refractivity contribution in [2.24, 2.45) is 4.99 Å². The second kappa shape index (κ2) is 12.5. The van der Waals surface area contributed by atoms with Crippen LogP contribution in [-0.2, 0) is 5.60 Å². The monoisotopic (exact) mass is 499 g/mol. The molecule has 0 radical (unpaired) electrons. The molecule has 0 heterocycles. The first-order chi connectivity index (χ1) is 13.0. The van der Waals surface area contributed by atoms with E-state index in [4.69, 9.17) is 9.47 Å². The highest BCUT2D eigenvalue weighted by Crippen LogP contribution is 2.20. The molecule has 0 aromatic heterocycles. The number of nitrogens with zero attached hydrogens (tertiary/aromatic N) is 1. The topological polar surface area (TPSA) is 75.1 Å². The highest BCUT2D eigenvalue weighted by molar-refractivity contribution is 14.0. The molecule has 0 aliphatic rings. The van der Waals surface area contributed by atoms with Crippen molar-refractivity contribution in [3.8, 4) is 11.5 Å². The summed E-state index contributed by atoms with van der Waals surface area (Å²) in [5.41, 5.74) is -0.184. The molecule has 7 heteroatoms. The minimum Gasteiger partial charge on any atom is -0.497 e. The molecule has 0 fully saturated rings. The summed E-state index contributed by atoms with van der Waals surface area (Å²) in [4.78, 5) is 4.50. The highest BCUT2D eigenvalue weighted by atomic mass is 127. The van der Waals surface area contributed by atoms with Crippen LogP contribution in [-0.4, -0.2) is 44.4 Å². The number of benzene rings is 2. The van der Waals surface area contributed by atoms with E-state index < -0.39 is 5.60 Å². The molecule has 28 heavy (non-hydrogen) atoms. The van der Waals surface area contributed by atoms with Crippen LogP contribution in [0, 0.1) is 0 Å². The molecule has 0 saturated heterocycles. The van der Waals surface area contributed by atoms with Crippen LogP contribution in [0.15, 0.2) is 59.6 Å². The Morgan fingerprint density at radius 2 is 1.68 bits per heavy atom. The second-order valence-corrected chi connectivity index (χ2v) is 6.29. The molecule has 0 amide bonds. The Hall–Kier alpha value is -2.00. The van der Waals surface area contributed by atoms with Gasteiger partial charge in [-0.2, -0.15) is 0 Å². The average molecular weight is 499 g/mol. The van der Waals surface area contributed by atoms with E-state index in [2.05, 4.69) is 15.6 Å². The maximum absolute atomic E-state index is 10.7. The molecule has 3 N–H and O–H groups in total. The van der Waals surface area contributed by atoms with Gasteiger partial charge in [0.05, 0.1) is 20.2 Å². The van der Waals surface area contributed by atoms with Gasteiger partial charge in [0.1, 0.15) is 23.7 Å². The number of halogens is 1. The van der Waals surface area contributed by atoms with Gasteiger partial charge in [-0.15, -0.1) is 24.0 Å². The number of ether oxygens (including phenoxy) is 2. The van der Waals surface area contributed by atoms with Gasteiger partial charge in [0, 0.05) is 6.54 Å². The van der Waals surface area contributed by atoms with Gasteiger partial charge >= 0.3 is 0 Å². The summed E-state index contributed by atoms with van der Waals surface area (Å²) < 4.78 is 10.8. The molecular weight excluding hydrogens is 469 g/mol. The molecule has 1 unspecified atom stereocenters. The molecule has 2 aromatic carbocycles. The third kappa shape index (κ3) is 7.93. The van der Waals surface area contributed by atoms with Crippen molar-refractivity contribution in [2.75, 3.05) is 33.4 Å².